The van der Waals surface area contributed by atoms with Gasteiger partial charge in [0.05, 0.1) is 15.6 Å². The van der Waals surface area contributed by atoms with E-state index in [-0.39, 0.29) is 22.5 Å². The summed E-state index contributed by atoms with van der Waals surface area (Å²) in [5, 5.41) is 0.677. The van der Waals surface area contributed by atoms with Crippen LogP contribution < -0.4 is 0 Å². The average molecular weight is 560 g/mol. The first kappa shape index (κ1) is 28.5. The van der Waals surface area contributed by atoms with Gasteiger partial charge in [0.1, 0.15) is 6.10 Å². The summed E-state index contributed by atoms with van der Waals surface area (Å²) in [4.78, 5) is 12.9. The number of carbonyl (C=O) groups is 1. The second-order valence-corrected chi connectivity index (χ2v) is 14.9. The molecule has 1 aromatic carbocycles. The van der Waals surface area contributed by atoms with Gasteiger partial charge in [0.2, 0.25) is 0 Å². The molecule has 38 heavy (non-hydrogen) atoms. The van der Waals surface area contributed by atoms with Gasteiger partial charge in [-0.15, -0.1) is 0 Å². The second kappa shape index (κ2) is 11.1. The normalized spacial score (nSPS) is 37.2. The molecule has 2 nitrogen and oxygen atoms in total. The van der Waals surface area contributed by atoms with Crippen LogP contribution in [0.25, 0.3) is 0 Å². The molecule has 0 unspecified atom stereocenters. The van der Waals surface area contributed by atoms with Gasteiger partial charge in [0, 0.05) is 6.42 Å². The number of carbonyl (C=O) groups excluding carboxylic acids is 1. The Morgan fingerprint density at radius 1 is 1.03 bits per heavy atom. The average Bonchev–Trinajstić information content (AvgIpc) is 3.23. The summed E-state index contributed by atoms with van der Waals surface area (Å²) in [6.07, 6.45) is 16.4. The largest absolute Gasteiger partial charge is 0.458 e. The maximum atomic E-state index is 12.9. The van der Waals surface area contributed by atoms with E-state index in [0.717, 1.165) is 54.8 Å². The molecular formula is C34H48Cl2O2. The van der Waals surface area contributed by atoms with Gasteiger partial charge < -0.3 is 4.74 Å². The van der Waals surface area contributed by atoms with Crippen LogP contribution in [0.5, 0.6) is 0 Å². The summed E-state index contributed by atoms with van der Waals surface area (Å²) in [5.74, 6) is 4.68. The van der Waals surface area contributed by atoms with E-state index >= 15 is 0 Å². The summed E-state index contributed by atoms with van der Waals surface area (Å²) in [7, 11) is 0. The number of esters is 1. The molecule has 0 aliphatic heterocycles. The lowest BCUT2D eigenvalue weighted by Crippen LogP contribution is -2.51. The van der Waals surface area contributed by atoms with Gasteiger partial charge >= 0.3 is 5.97 Å². The first-order valence-corrected chi connectivity index (χ1v) is 16.1. The molecule has 0 saturated heterocycles. The van der Waals surface area contributed by atoms with Crippen molar-refractivity contribution < 1.29 is 9.53 Å². The van der Waals surface area contributed by atoms with Crippen LogP contribution in [0.4, 0.5) is 0 Å². The van der Waals surface area contributed by atoms with E-state index in [2.05, 4.69) is 40.7 Å². The minimum absolute atomic E-state index is 0.0789. The maximum absolute atomic E-state index is 12.9. The van der Waals surface area contributed by atoms with E-state index in [0.29, 0.717) is 16.0 Å². The van der Waals surface area contributed by atoms with E-state index in [9.17, 15) is 4.79 Å². The van der Waals surface area contributed by atoms with Crippen LogP contribution in [0, 0.1) is 46.3 Å². The van der Waals surface area contributed by atoms with Gasteiger partial charge in [-0.25, -0.2) is 4.79 Å². The first-order chi connectivity index (χ1) is 18.0. The third-order valence-corrected chi connectivity index (χ3v) is 12.5. The SMILES string of the molecule is CC(C)CCC[C@@H](C)[C@H]1CC[C@H]2[C@@H]3CC=C4C[C@@H](OC(=O)c5cccc(Cl)c5Cl)CC[C@]4(C)[C@H]3CC[C@]12C. The highest BCUT2D eigenvalue weighted by atomic mass is 35.5. The van der Waals surface area contributed by atoms with E-state index in [4.69, 9.17) is 27.9 Å². The maximum Gasteiger partial charge on any atom is 0.339 e. The molecule has 210 valence electrons. The Hall–Kier alpha value is -0.990. The van der Waals surface area contributed by atoms with Crippen molar-refractivity contribution in [3.63, 3.8) is 0 Å². The molecule has 0 spiro atoms. The number of hydrogen-bond donors (Lipinski definition) is 0. The predicted octanol–water partition coefficient (Wildman–Crippen LogP) is 10.6. The third kappa shape index (κ3) is 5.11. The second-order valence-electron chi connectivity index (χ2n) is 14.2. The molecule has 3 fully saturated rings. The highest BCUT2D eigenvalue weighted by molar-refractivity contribution is 6.43. The lowest BCUT2D eigenvalue weighted by Gasteiger charge is -2.58. The third-order valence-electron chi connectivity index (χ3n) is 11.7. The van der Waals surface area contributed by atoms with E-state index < -0.39 is 0 Å². The zero-order chi connectivity index (χ0) is 27.2. The highest BCUT2D eigenvalue weighted by Gasteiger charge is 2.59. The van der Waals surface area contributed by atoms with Crippen LogP contribution in [0.1, 0.15) is 116 Å². The summed E-state index contributed by atoms with van der Waals surface area (Å²) in [6.45, 7) is 12.5. The Balaban J connectivity index is 1.26. The molecule has 4 aliphatic carbocycles. The van der Waals surface area contributed by atoms with E-state index in [1.165, 1.54) is 51.4 Å². The topological polar surface area (TPSA) is 26.3 Å². The fraction of sp³-hybridized carbons (Fsp3) is 0.735. The van der Waals surface area contributed by atoms with E-state index in [1.807, 2.05) is 0 Å². The van der Waals surface area contributed by atoms with Crippen LogP contribution in [0.3, 0.4) is 0 Å². The molecule has 0 heterocycles. The minimum Gasteiger partial charge on any atom is -0.458 e. The fourth-order valence-corrected chi connectivity index (χ4v) is 10.0. The van der Waals surface area contributed by atoms with Crippen molar-refractivity contribution in [1.82, 2.24) is 0 Å². The van der Waals surface area contributed by atoms with Gasteiger partial charge in [-0.1, -0.05) is 94.8 Å². The molecule has 0 aromatic heterocycles. The lowest BCUT2D eigenvalue weighted by atomic mass is 9.47. The van der Waals surface area contributed by atoms with E-state index in [1.54, 1.807) is 23.8 Å². The molecule has 0 radical (unpaired) electrons. The van der Waals surface area contributed by atoms with Gasteiger partial charge in [-0.2, -0.15) is 0 Å². The molecule has 0 bridgehead atoms. The van der Waals surface area contributed by atoms with Crippen molar-refractivity contribution in [2.24, 2.45) is 46.3 Å². The van der Waals surface area contributed by atoms with Crippen molar-refractivity contribution in [2.75, 3.05) is 0 Å². The molecule has 5 rings (SSSR count). The van der Waals surface area contributed by atoms with Crippen molar-refractivity contribution >= 4 is 29.2 Å². The fourth-order valence-electron chi connectivity index (χ4n) is 9.63. The Morgan fingerprint density at radius 3 is 2.58 bits per heavy atom. The summed E-state index contributed by atoms with van der Waals surface area (Å²) >= 11 is 12.4. The standard InChI is InChI=1S/C34H48Cl2O2/c1-21(2)8-6-9-22(3)27-14-15-28-25-13-12-23-20-24(38-32(37)26-10-7-11-30(35)31(26)36)16-18-33(23,4)29(25)17-19-34(27,28)5/h7,10-12,21-22,24-25,27-29H,6,8-9,13-20H2,1-5H3/t22-,24+,25+,27-,28+,29+,33+,34-/m1/s1. The number of ether oxygens (including phenoxy) is 1. The lowest BCUT2D eigenvalue weighted by molar-refractivity contribution is -0.0594. The molecule has 8 atom stereocenters. The van der Waals surface area contributed by atoms with Gasteiger partial charge in [-0.05, 0) is 103 Å². The highest BCUT2D eigenvalue weighted by Crippen LogP contribution is 2.67. The van der Waals surface area contributed by atoms with Crippen molar-refractivity contribution in [3.8, 4) is 0 Å². The minimum atomic E-state index is -0.353. The Kier molecular flexibility index (Phi) is 8.35. The number of halogens is 2. The molecule has 1 aromatic rings. The van der Waals surface area contributed by atoms with Gasteiger partial charge in [0.25, 0.3) is 0 Å². The summed E-state index contributed by atoms with van der Waals surface area (Å²) in [6, 6.07) is 5.15. The zero-order valence-electron chi connectivity index (χ0n) is 24.2. The number of allylic oxidation sites excluding steroid dienone is 1. The van der Waals surface area contributed by atoms with Crippen LogP contribution in [0.2, 0.25) is 10.0 Å². The molecule has 0 N–H and O–H groups in total. The Labute approximate surface area is 241 Å². The Bertz CT molecular complexity index is 1060. The smallest absolute Gasteiger partial charge is 0.339 e. The molecule has 4 heteroatoms. The predicted molar refractivity (Wildman–Crippen MR) is 159 cm³/mol. The molecular weight excluding hydrogens is 511 g/mol. The molecule has 3 saturated carbocycles. The summed E-state index contributed by atoms with van der Waals surface area (Å²) in [5.41, 5.74) is 2.68. The van der Waals surface area contributed by atoms with Crippen LogP contribution >= 0.6 is 23.2 Å². The van der Waals surface area contributed by atoms with Crippen LogP contribution in [-0.4, -0.2) is 12.1 Å². The number of hydrogen-bond acceptors (Lipinski definition) is 2. The molecule has 4 aliphatic rings. The number of fused-ring (bicyclic) bond motifs is 5. The number of rotatable bonds is 7. The van der Waals surface area contributed by atoms with Gasteiger partial charge in [-0.3, -0.25) is 0 Å². The quantitative estimate of drug-likeness (QED) is 0.245. The number of benzene rings is 1. The van der Waals surface area contributed by atoms with Gasteiger partial charge in [0.15, 0.2) is 0 Å². The van der Waals surface area contributed by atoms with Crippen molar-refractivity contribution in [2.45, 2.75) is 111 Å². The Morgan fingerprint density at radius 2 is 1.82 bits per heavy atom. The monoisotopic (exact) mass is 558 g/mol. The first-order valence-electron chi connectivity index (χ1n) is 15.4. The zero-order valence-corrected chi connectivity index (χ0v) is 25.7. The van der Waals surface area contributed by atoms with Crippen LogP contribution in [0.15, 0.2) is 29.8 Å². The van der Waals surface area contributed by atoms with Crippen LogP contribution in [-0.2, 0) is 4.74 Å². The summed E-state index contributed by atoms with van der Waals surface area (Å²) < 4.78 is 5.99. The van der Waals surface area contributed by atoms with Crippen molar-refractivity contribution in [3.05, 3.63) is 45.5 Å². The van der Waals surface area contributed by atoms with Crippen molar-refractivity contribution in [1.29, 1.82) is 0 Å². The molecule has 0 amide bonds.